The van der Waals surface area contributed by atoms with Gasteiger partial charge in [-0.15, -0.1) is 0 Å². The number of para-hydroxylation sites is 1. The molecule has 5 nitrogen and oxygen atoms in total. The molecule has 2 atom stereocenters. The minimum atomic E-state index is -4.49. The first-order valence-corrected chi connectivity index (χ1v) is 13.7. The third-order valence-electron chi connectivity index (χ3n) is 7.98. The van der Waals surface area contributed by atoms with Gasteiger partial charge in [-0.3, -0.25) is 14.8 Å². The number of anilines is 2. The summed E-state index contributed by atoms with van der Waals surface area (Å²) in [5, 5.41) is 4.03. The molecular formula is C32H33F3N4O. The minimum Gasteiger partial charge on any atom is -0.492 e. The lowest BCUT2D eigenvalue weighted by molar-refractivity contribution is -0.137. The van der Waals surface area contributed by atoms with Crippen LogP contribution < -0.4 is 10.1 Å². The molecule has 1 N–H and O–H groups in total. The third-order valence-corrected chi connectivity index (χ3v) is 7.98. The quantitative estimate of drug-likeness (QED) is 0.259. The summed E-state index contributed by atoms with van der Waals surface area (Å²) in [6.45, 7) is 7.91. The summed E-state index contributed by atoms with van der Waals surface area (Å²) < 4.78 is 47.3. The number of aryl methyl sites for hydroxylation is 2. The average Bonchev–Trinajstić information content (AvgIpc) is 3.50. The number of hydrogen-bond donors (Lipinski definition) is 1. The highest BCUT2D eigenvalue weighted by atomic mass is 19.4. The standard InChI is InChI=1S/C32H33F3N4O/c1-21-7-9-23(10-8-21)18-39-20-26-17-27(39)19-38(26)11-12-40-28-15-24(32(33,34)35)14-25(16-28)37-31-13-22(2)36-30-6-4-3-5-29(30)31/h3-10,13-16,26-27H,11-12,17-20H2,1-2H3,(H,36,37). The van der Waals surface area contributed by atoms with Crippen molar-refractivity contribution in [3.05, 3.63) is 95.2 Å². The van der Waals surface area contributed by atoms with E-state index in [0.717, 1.165) is 54.8 Å². The van der Waals surface area contributed by atoms with Crippen molar-refractivity contribution in [2.75, 3.05) is 31.6 Å². The highest BCUT2D eigenvalue weighted by molar-refractivity contribution is 5.93. The Morgan fingerprint density at radius 2 is 1.68 bits per heavy atom. The molecule has 3 heterocycles. The van der Waals surface area contributed by atoms with Gasteiger partial charge in [0.15, 0.2) is 0 Å². The Kier molecular flexibility index (Phi) is 7.15. The van der Waals surface area contributed by atoms with Crippen LogP contribution in [0.4, 0.5) is 24.5 Å². The molecule has 2 unspecified atom stereocenters. The van der Waals surface area contributed by atoms with Crippen LogP contribution in [0.1, 0.15) is 28.8 Å². The van der Waals surface area contributed by atoms with E-state index in [9.17, 15) is 13.2 Å². The molecule has 0 spiro atoms. The van der Waals surface area contributed by atoms with Gasteiger partial charge in [0.05, 0.1) is 11.1 Å². The number of nitrogens with one attached hydrogen (secondary N) is 1. The van der Waals surface area contributed by atoms with Crippen molar-refractivity contribution in [1.29, 1.82) is 0 Å². The van der Waals surface area contributed by atoms with E-state index in [2.05, 4.69) is 51.3 Å². The fourth-order valence-electron chi connectivity index (χ4n) is 5.99. The van der Waals surface area contributed by atoms with Crippen LogP contribution in [0, 0.1) is 13.8 Å². The summed E-state index contributed by atoms with van der Waals surface area (Å²) in [5.74, 6) is 0.206. The molecule has 2 aliphatic rings. The maximum Gasteiger partial charge on any atom is 0.416 e. The first-order valence-electron chi connectivity index (χ1n) is 13.7. The van der Waals surface area contributed by atoms with E-state index < -0.39 is 11.7 Å². The molecule has 208 valence electrons. The van der Waals surface area contributed by atoms with E-state index in [-0.39, 0.29) is 5.75 Å². The lowest BCUT2D eigenvalue weighted by Crippen LogP contribution is -2.47. The molecule has 2 aliphatic heterocycles. The number of rotatable bonds is 8. The normalized spacial score (nSPS) is 19.4. The van der Waals surface area contributed by atoms with Crippen LogP contribution in [0.3, 0.4) is 0 Å². The Bertz CT molecular complexity index is 1500. The summed E-state index contributed by atoms with van der Waals surface area (Å²) >= 11 is 0. The molecule has 2 saturated heterocycles. The van der Waals surface area contributed by atoms with Gasteiger partial charge in [-0.05, 0) is 50.1 Å². The first kappa shape index (κ1) is 26.6. The number of alkyl halides is 3. The summed E-state index contributed by atoms with van der Waals surface area (Å²) in [6.07, 6.45) is -3.36. The number of benzene rings is 3. The van der Waals surface area contributed by atoms with Crippen molar-refractivity contribution in [3.8, 4) is 5.75 Å². The Labute approximate surface area is 232 Å². The molecule has 6 rings (SSSR count). The fraction of sp³-hybridized carbons (Fsp3) is 0.344. The molecule has 2 fully saturated rings. The molecule has 3 aromatic carbocycles. The zero-order chi connectivity index (χ0) is 27.9. The van der Waals surface area contributed by atoms with E-state index in [0.29, 0.717) is 36.6 Å². The van der Waals surface area contributed by atoms with Crippen molar-refractivity contribution >= 4 is 22.3 Å². The van der Waals surface area contributed by atoms with E-state index >= 15 is 0 Å². The maximum atomic E-state index is 13.8. The van der Waals surface area contributed by atoms with Crippen molar-refractivity contribution in [2.45, 2.75) is 45.1 Å². The zero-order valence-corrected chi connectivity index (χ0v) is 22.7. The Morgan fingerprint density at radius 1 is 0.925 bits per heavy atom. The second-order valence-corrected chi connectivity index (χ2v) is 11.0. The van der Waals surface area contributed by atoms with Gasteiger partial charge in [-0.2, -0.15) is 13.2 Å². The van der Waals surface area contributed by atoms with Gasteiger partial charge in [-0.25, -0.2) is 0 Å². The first-order chi connectivity index (χ1) is 19.2. The highest BCUT2D eigenvalue weighted by Gasteiger charge is 2.42. The molecule has 40 heavy (non-hydrogen) atoms. The largest absolute Gasteiger partial charge is 0.492 e. The van der Waals surface area contributed by atoms with Gasteiger partial charge in [-0.1, -0.05) is 48.0 Å². The van der Waals surface area contributed by atoms with E-state index in [1.165, 1.54) is 11.1 Å². The maximum absolute atomic E-state index is 13.8. The molecule has 0 saturated carbocycles. The number of piperazine rings is 1. The summed E-state index contributed by atoms with van der Waals surface area (Å²) in [6, 6.07) is 22.9. The molecule has 4 aromatic rings. The van der Waals surface area contributed by atoms with Crippen LogP contribution in [0.15, 0.2) is 72.8 Å². The molecule has 0 aliphatic carbocycles. The smallest absolute Gasteiger partial charge is 0.416 e. The number of halogens is 3. The number of nitrogens with zero attached hydrogens (tertiary/aromatic N) is 3. The highest BCUT2D eigenvalue weighted by Crippen LogP contribution is 2.36. The van der Waals surface area contributed by atoms with Crippen molar-refractivity contribution in [2.24, 2.45) is 0 Å². The average molecular weight is 547 g/mol. The topological polar surface area (TPSA) is 40.6 Å². The second-order valence-electron chi connectivity index (χ2n) is 11.0. The van der Waals surface area contributed by atoms with Crippen molar-refractivity contribution in [3.63, 3.8) is 0 Å². The van der Waals surface area contributed by atoms with Gasteiger partial charge in [0.25, 0.3) is 0 Å². The van der Waals surface area contributed by atoms with E-state index in [4.69, 9.17) is 4.74 Å². The molecule has 0 amide bonds. The SMILES string of the molecule is Cc1ccc(CN2CC3CC2CN3CCOc2cc(Nc3cc(C)nc4ccccc34)cc(C(F)(F)F)c2)cc1. The van der Waals surface area contributed by atoms with Crippen molar-refractivity contribution in [1.82, 2.24) is 14.8 Å². The lowest BCUT2D eigenvalue weighted by Gasteiger charge is -2.34. The summed E-state index contributed by atoms with van der Waals surface area (Å²) in [4.78, 5) is 9.48. The van der Waals surface area contributed by atoms with Crippen LogP contribution in [-0.2, 0) is 12.7 Å². The third kappa shape index (κ3) is 5.78. The van der Waals surface area contributed by atoms with Gasteiger partial charge in [0.2, 0.25) is 0 Å². The number of fused-ring (bicyclic) bond motifs is 3. The van der Waals surface area contributed by atoms with Gasteiger partial charge >= 0.3 is 6.18 Å². The Balaban J connectivity index is 1.11. The molecule has 2 bridgehead atoms. The molecule has 0 radical (unpaired) electrons. The summed E-state index contributed by atoms with van der Waals surface area (Å²) in [7, 11) is 0. The van der Waals surface area contributed by atoms with Gasteiger partial charge in [0, 0.05) is 66.8 Å². The van der Waals surface area contributed by atoms with Gasteiger partial charge < -0.3 is 10.1 Å². The van der Waals surface area contributed by atoms with Crippen LogP contribution >= 0.6 is 0 Å². The van der Waals surface area contributed by atoms with Crippen LogP contribution in [0.5, 0.6) is 5.75 Å². The van der Waals surface area contributed by atoms with Crippen LogP contribution in [0.2, 0.25) is 0 Å². The molecular weight excluding hydrogens is 513 g/mol. The number of pyridine rings is 1. The van der Waals surface area contributed by atoms with Gasteiger partial charge in [0.1, 0.15) is 12.4 Å². The Morgan fingerprint density at radius 3 is 2.42 bits per heavy atom. The monoisotopic (exact) mass is 546 g/mol. The number of aromatic nitrogens is 1. The predicted octanol–water partition coefficient (Wildman–Crippen LogP) is 6.95. The lowest BCUT2D eigenvalue weighted by atomic mass is 10.1. The zero-order valence-electron chi connectivity index (χ0n) is 22.7. The number of likely N-dealkylation sites (tertiary alicyclic amines) is 2. The second kappa shape index (κ2) is 10.7. The van der Waals surface area contributed by atoms with Crippen LogP contribution in [0.25, 0.3) is 10.9 Å². The predicted molar refractivity (Wildman–Crippen MR) is 152 cm³/mol. The van der Waals surface area contributed by atoms with Crippen LogP contribution in [-0.4, -0.2) is 53.1 Å². The van der Waals surface area contributed by atoms with Crippen molar-refractivity contribution < 1.29 is 17.9 Å². The number of hydrogen-bond acceptors (Lipinski definition) is 5. The minimum absolute atomic E-state index is 0.206. The van der Waals surface area contributed by atoms with E-state index in [1.807, 2.05) is 37.3 Å². The van der Waals surface area contributed by atoms with E-state index in [1.54, 1.807) is 6.07 Å². The fourth-order valence-corrected chi connectivity index (χ4v) is 5.99. The molecule has 8 heteroatoms. The Hall–Kier alpha value is -3.62. The number of ether oxygens (including phenoxy) is 1. The molecule has 1 aromatic heterocycles. The summed E-state index contributed by atoms with van der Waals surface area (Å²) in [5.41, 5.74) is 4.45.